The molecule has 0 radical (unpaired) electrons. The van der Waals surface area contributed by atoms with Gasteiger partial charge in [0.1, 0.15) is 5.75 Å². The molecule has 20 heavy (non-hydrogen) atoms. The Morgan fingerprint density at radius 2 is 1.80 bits per heavy atom. The number of halogens is 2. The van der Waals surface area contributed by atoms with E-state index in [9.17, 15) is 13.2 Å². The number of thiophene rings is 1. The molecule has 0 bridgehead atoms. The second kappa shape index (κ2) is 6.26. The number of Topliss-reactive ketones (excluding diaryl/α,β-unsaturated/α-hetero) is 1. The van der Waals surface area contributed by atoms with Crippen LogP contribution < -0.4 is 0 Å². The number of ketones is 1. The van der Waals surface area contributed by atoms with E-state index in [1.54, 1.807) is 30.3 Å². The van der Waals surface area contributed by atoms with Gasteiger partial charge in [-0.3, -0.25) is 4.79 Å². The highest BCUT2D eigenvalue weighted by molar-refractivity contribution is 7.91. The molecule has 0 spiro atoms. The predicted octanol–water partition coefficient (Wildman–Crippen LogP) is 3.85. The summed E-state index contributed by atoms with van der Waals surface area (Å²) >= 11 is 12.7. The van der Waals surface area contributed by atoms with E-state index >= 15 is 0 Å². The van der Waals surface area contributed by atoms with Gasteiger partial charge in [-0.15, -0.1) is 11.3 Å². The largest absolute Gasteiger partial charge is 0.292 e. The first kappa shape index (κ1) is 15.5. The third-order valence-corrected chi connectivity index (χ3v) is 5.63. The first-order valence-corrected chi connectivity index (χ1v) is 8.99. The fourth-order valence-electron chi connectivity index (χ4n) is 1.64. The average molecular weight is 349 g/mol. The van der Waals surface area contributed by atoms with E-state index < -0.39 is 21.4 Å². The lowest BCUT2D eigenvalue weighted by Gasteiger charge is -2.05. The molecule has 0 aliphatic heterocycles. The van der Waals surface area contributed by atoms with Crippen LogP contribution in [0.3, 0.4) is 0 Å². The van der Waals surface area contributed by atoms with Gasteiger partial charge in [0.05, 0.1) is 15.0 Å². The number of sulfone groups is 1. The van der Waals surface area contributed by atoms with Crippen molar-refractivity contribution in [3.05, 3.63) is 56.2 Å². The minimum Gasteiger partial charge on any atom is -0.292 e. The molecule has 0 amide bonds. The molecule has 0 fully saturated rings. The predicted molar refractivity (Wildman–Crippen MR) is 82.6 cm³/mol. The average Bonchev–Trinajstić information content (AvgIpc) is 2.78. The lowest BCUT2D eigenvalue weighted by Crippen LogP contribution is -2.17. The minimum atomic E-state index is -3.57. The van der Waals surface area contributed by atoms with Crippen molar-refractivity contribution in [2.24, 2.45) is 0 Å². The molecule has 2 aromatic rings. The van der Waals surface area contributed by atoms with Crippen molar-refractivity contribution < 1.29 is 13.2 Å². The summed E-state index contributed by atoms with van der Waals surface area (Å²) in [6.45, 7) is 0. The van der Waals surface area contributed by atoms with Crippen molar-refractivity contribution in [1.29, 1.82) is 0 Å². The van der Waals surface area contributed by atoms with Crippen LogP contribution in [0, 0.1) is 0 Å². The minimum absolute atomic E-state index is 0.252. The number of rotatable bonds is 5. The van der Waals surface area contributed by atoms with Gasteiger partial charge in [0.15, 0.2) is 15.6 Å². The quantitative estimate of drug-likeness (QED) is 0.771. The second-order valence-electron chi connectivity index (χ2n) is 4.15. The fraction of sp³-hybridized carbons (Fsp3) is 0.154. The Morgan fingerprint density at radius 1 is 1.10 bits per heavy atom. The molecule has 0 unspecified atom stereocenters. The molecular weight excluding hydrogens is 339 g/mol. The van der Waals surface area contributed by atoms with Gasteiger partial charge < -0.3 is 0 Å². The molecule has 1 aromatic heterocycles. The summed E-state index contributed by atoms with van der Waals surface area (Å²) in [4.78, 5) is 12.2. The van der Waals surface area contributed by atoms with Gasteiger partial charge in [-0.2, -0.15) is 0 Å². The van der Waals surface area contributed by atoms with E-state index in [2.05, 4.69) is 0 Å². The Kier molecular flexibility index (Phi) is 4.86. The van der Waals surface area contributed by atoms with Crippen molar-refractivity contribution in [3.63, 3.8) is 0 Å². The zero-order valence-electron chi connectivity index (χ0n) is 10.2. The van der Waals surface area contributed by atoms with Crippen LogP contribution in [0.15, 0.2) is 36.4 Å². The van der Waals surface area contributed by atoms with Gasteiger partial charge in [-0.1, -0.05) is 41.4 Å². The molecule has 1 heterocycles. The van der Waals surface area contributed by atoms with E-state index in [4.69, 9.17) is 23.2 Å². The van der Waals surface area contributed by atoms with Crippen LogP contribution in [-0.2, 0) is 15.6 Å². The molecule has 1 aromatic carbocycles. The lowest BCUT2D eigenvalue weighted by molar-refractivity contribution is 0.102. The Labute approximate surface area is 131 Å². The highest BCUT2D eigenvalue weighted by atomic mass is 35.5. The van der Waals surface area contributed by atoms with Gasteiger partial charge in [0.25, 0.3) is 0 Å². The van der Waals surface area contributed by atoms with Crippen molar-refractivity contribution in [2.45, 2.75) is 5.75 Å². The Hall–Kier alpha value is -0.880. The summed E-state index contributed by atoms with van der Waals surface area (Å²) in [5.41, 5.74) is 0.492. The van der Waals surface area contributed by atoms with E-state index in [1.165, 1.54) is 6.07 Å². The third-order valence-electron chi connectivity index (χ3n) is 2.53. The molecule has 0 atom stereocenters. The van der Waals surface area contributed by atoms with Crippen molar-refractivity contribution in [1.82, 2.24) is 0 Å². The van der Waals surface area contributed by atoms with Crippen LogP contribution in [0.1, 0.15) is 15.2 Å². The first-order valence-electron chi connectivity index (χ1n) is 5.60. The Morgan fingerprint density at radius 3 is 2.40 bits per heavy atom. The van der Waals surface area contributed by atoms with E-state index in [0.717, 1.165) is 11.3 Å². The fourth-order valence-corrected chi connectivity index (χ4v) is 4.37. The normalized spacial score (nSPS) is 11.5. The molecule has 2 rings (SSSR count). The standard InChI is InChI=1S/C13H10Cl2O3S2/c14-10-4-2-1-3-9(10)7-20(17,18)8-11(16)12-5-6-13(15)19-12/h1-6H,7-8H2. The maximum absolute atomic E-state index is 12.0. The molecule has 0 N–H and O–H groups in total. The number of benzene rings is 1. The molecular formula is C13H10Cl2O3S2. The maximum atomic E-state index is 12.0. The summed E-state index contributed by atoms with van der Waals surface area (Å²) in [5.74, 6) is -1.25. The third kappa shape index (κ3) is 4.06. The highest BCUT2D eigenvalue weighted by Gasteiger charge is 2.20. The highest BCUT2D eigenvalue weighted by Crippen LogP contribution is 2.23. The SMILES string of the molecule is O=C(CS(=O)(=O)Cc1ccccc1Cl)c1ccc(Cl)s1. The number of hydrogen-bond donors (Lipinski definition) is 0. The van der Waals surface area contributed by atoms with Crippen LogP contribution >= 0.6 is 34.5 Å². The zero-order chi connectivity index (χ0) is 14.8. The molecule has 0 aliphatic rings. The number of hydrogen-bond acceptors (Lipinski definition) is 4. The summed E-state index contributed by atoms with van der Waals surface area (Å²) in [6, 6.07) is 9.77. The topological polar surface area (TPSA) is 51.2 Å². The Balaban J connectivity index is 2.12. The van der Waals surface area contributed by atoms with Crippen molar-refractivity contribution >= 4 is 50.2 Å². The van der Waals surface area contributed by atoms with Crippen LogP contribution in [-0.4, -0.2) is 20.0 Å². The molecule has 0 aliphatic carbocycles. The molecule has 7 heteroatoms. The molecule has 0 saturated heterocycles. The molecule has 0 saturated carbocycles. The van der Waals surface area contributed by atoms with Crippen LogP contribution in [0.5, 0.6) is 0 Å². The van der Waals surface area contributed by atoms with Crippen molar-refractivity contribution in [3.8, 4) is 0 Å². The maximum Gasteiger partial charge on any atom is 0.187 e. The number of carbonyl (C=O) groups excluding carboxylic acids is 1. The summed E-state index contributed by atoms with van der Waals surface area (Å²) in [5, 5.41) is 0.377. The van der Waals surface area contributed by atoms with Crippen molar-refractivity contribution in [2.75, 3.05) is 5.75 Å². The smallest absolute Gasteiger partial charge is 0.187 e. The summed E-state index contributed by atoms with van der Waals surface area (Å²) < 4.78 is 24.5. The zero-order valence-corrected chi connectivity index (χ0v) is 13.3. The second-order valence-corrected chi connectivity index (χ2v) is 8.34. The van der Waals surface area contributed by atoms with Gasteiger partial charge >= 0.3 is 0 Å². The monoisotopic (exact) mass is 348 g/mol. The lowest BCUT2D eigenvalue weighted by atomic mass is 10.2. The number of carbonyl (C=O) groups is 1. The molecule has 106 valence electrons. The van der Waals surface area contributed by atoms with Gasteiger partial charge in [0.2, 0.25) is 0 Å². The van der Waals surface area contributed by atoms with Crippen LogP contribution in [0.4, 0.5) is 0 Å². The van der Waals surface area contributed by atoms with Gasteiger partial charge in [0, 0.05) is 5.02 Å². The molecule has 3 nitrogen and oxygen atoms in total. The van der Waals surface area contributed by atoms with Crippen LogP contribution in [0.25, 0.3) is 0 Å². The Bertz CT molecular complexity index is 736. The van der Waals surface area contributed by atoms with E-state index in [1.807, 2.05) is 0 Å². The first-order chi connectivity index (χ1) is 9.37. The van der Waals surface area contributed by atoms with Crippen LogP contribution in [0.2, 0.25) is 9.36 Å². The van der Waals surface area contributed by atoms with E-state index in [0.29, 0.717) is 19.8 Å². The van der Waals surface area contributed by atoms with E-state index in [-0.39, 0.29) is 5.75 Å². The van der Waals surface area contributed by atoms with Gasteiger partial charge in [-0.25, -0.2) is 8.42 Å². The van der Waals surface area contributed by atoms with Gasteiger partial charge in [-0.05, 0) is 23.8 Å². The summed E-state index contributed by atoms with van der Waals surface area (Å²) in [6.07, 6.45) is 0. The summed E-state index contributed by atoms with van der Waals surface area (Å²) in [7, 11) is -3.57.